The Labute approximate surface area is 217 Å². The minimum Gasteiger partial charge on any atom is -0.457 e. The smallest absolute Gasteiger partial charge is 0.319 e. The maximum atomic E-state index is 13.2. The SMILES string of the molecule is CN(C)c1cccc2c(S(=O)(=O)OCC[C@H]3C(=O)C[C@@]4([C@@H](O)[C@@H]5C=CCCC5)C(=O)O[C@@]34C)cccc12. The monoisotopic (exact) mass is 527 g/mol. The van der Waals surface area contributed by atoms with Crippen LogP contribution in [0.1, 0.15) is 39.0 Å². The van der Waals surface area contributed by atoms with E-state index in [0.29, 0.717) is 5.39 Å². The van der Waals surface area contributed by atoms with E-state index in [1.54, 1.807) is 25.1 Å². The molecule has 1 N–H and O–H groups in total. The van der Waals surface area contributed by atoms with E-state index < -0.39 is 39.1 Å². The largest absolute Gasteiger partial charge is 0.457 e. The zero-order valence-corrected chi connectivity index (χ0v) is 22.2. The van der Waals surface area contributed by atoms with E-state index in [2.05, 4.69) is 0 Å². The third-order valence-corrected chi connectivity index (χ3v) is 9.89. The van der Waals surface area contributed by atoms with Crippen LogP contribution in [-0.2, 0) is 28.6 Å². The van der Waals surface area contributed by atoms with Gasteiger partial charge in [0.1, 0.15) is 21.7 Å². The average molecular weight is 528 g/mol. The second-order valence-electron chi connectivity index (χ2n) is 10.7. The highest BCUT2D eigenvalue weighted by Gasteiger charge is 2.78. The fraction of sp³-hybridized carbons (Fsp3) is 0.500. The zero-order valence-electron chi connectivity index (χ0n) is 21.3. The average Bonchev–Trinajstić information content (AvgIpc) is 3.05. The molecular weight excluding hydrogens is 494 g/mol. The van der Waals surface area contributed by atoms with E-state index in [-0.39, 0.29) is 36.0 Å². The zero-order chi connectivity index (χ0) is 26.6. The summed E-state index contributed by atoms with van der Waals surface area (Å²) in [5.41, 5.74) is -1.62. The van der Waals surface area contributed by atoms with E-state index in [0.717, 1.165) is 30.3 Å². The van der Waals surface area contributed by atoms with Gasteiger partial charge in [-0.3, -0.25) is 13.8 Å². The number of nitrogens with zero attached hydrogens (tertiary/aromatic N) is 1. The van der Waals surface area contributed by atoms with Crippen molar-refractivity contribution in [3.05, 3.63) is 48.6 Å². The molecule has 0 bridgehead atoms. The Kier molecular flexibility index (Phi) is 6.45. The van der Waals surface area contributed by atoms with Crippen molar-refractivity contribution in [2.75, 3.05) is 25.6 Å². The number of ketones is 1. The minimum absolute atomic E-state index is 0.0570. The van der Waals surface area contributed by atoms with Crippen LogP contribution < -0.4 is 4.90 Å². The lowest BCUT2D eigenvalue weighted by Crippen LogP contribution is -2.70. The number of aliphatic hydroxyl groups excluding tert-OH is 1. The first-order valence-electron chi connectivity index (χ1n) is 12.7. The van der Waals surface area contributed by atoms with Gasteiger partial charge in [0.25, 0.3) is 10.1 Å². The Bertz CT molecular complexity index is 1380. The molecule has 0 aromatic heterocycles. The summed E-state index contributed by atoms with van der Waals surface area (Å²) in [6, 6.07) is 10.5. The second-order valence-corrected chi connectivity index (χ2v) is 12.3. The number of esters is 1. The number of hydrogen-bond donors (Lipinski definition) is 1. The van der Waals surface area contributed by atoms with Gasteiger partial charge in [0.2, 0.25) is 0 Å². The molecule has 5 atom stereocenters. The minimum atomic E-state index is -4.13. The molecular formula is C28H33NO7S. The molecule has 1 saturated carbocycles. The lowest BCUT2D eigenvalue weighted by molar-refractivity contribution is -0.263. The van der Waals surface area contributed by atoms with Gasteiger partial charge in [-0.2, -0.15) is 8.42 Å². The van der Waals surface area contributed by atoms with Crippen LogP contribution >= 0.6 is 0 Å². The number of fused-ring (bicyclic) bond motifs is 2. The molecule has 0 spiro atoms. The fourth-order valence-electron chi connectivity index (χ4n) is 6.50. The van der Waals surface area contributed by atoms with Gasteiger partial charge < -0.3 is 14.7 Å². The molecule has 2 aliphatic carbocycles. The van der Waals surface area contributed by atoms with Crippen molar-refractivity contribution in [2.45, 2.75) is 55.6 Å². The first-order chi connectivity index (χ1) is 17.5. The van der Waals surface area contributed by atoms with Crippen molar-refractivity contribution in [1.82, 2.24) is 0 Å². The molecule has 0 radical (unpaired) electrons. The molecule has 0 unspecified atom stereocenters. The van der Waals surface area contributed by atoms with Crippen molar-refractivity contribution in [3.63, 3.8) is 0 Å². The Hall–Kier alpha value is -2.75. The van der Waals surface area contributed by atoms with Crippen molar-refractivity contribution in [1.29, 1.82) is 0 Å². The van der Waals surface area contributed by atoms with E-state index in [4.69, 9.17) is 8.92 Å². The summed E-state index contributed by atoms with van der Waals surface area (Å²) in [4.78, 5) is 27.8. The molecule has 8 nitrogen and oxygen atoms in total. The van der Waals surface area contributed by atoms with E-state index in [1.807, 2.05) is 43.3 Å². The number of carbonyl (C=O) groups is 2. The molecule has 3 aliphatic rings. The van der Waals surface area contributed by atoms with Crippen LogP contribution in [0.5, 0.6) is 0 Å². The maximum Gasteiger partial charge on any atom is 0.319 e. The van der Waals surface area contributed by atoms with Gasteiger partial charge in [-0.15, -0.1) is 0 Å². The Morgan fingerprint density at radius 2 is 1.89 bits per heavy atom. The highest BCUT2D eigenvalue weighted by Crippen LogP contribution is 2.62. The molecule has 1 saturated heterocycles. The normalized spacial score (nSPS) is 30.1. The molecule has 1 heterocycles. The lowest BCUT2D eigenvalue weighted by Gasteiger charge is -2.55. The van der Waals surface area contributed by atoms with Gasteiger partial charge >= 0.3 is 5.97 Å². The van der Waals surface area contributed by atoms with Crippen LogP contribution in [0.3, 0.4) is 0 Å². The number of anilines is 1. The number of rotatable bonds is 8. The fourth-order valence-corrected chi connectivity index (χ4v) is 7.64. The molecule has 37 heavy (non-hydrogen) atoms. The van der Waals surface area contributed by atoms with Gasteiger partial charge in [0.05, 0.1) is 18.6 Å². The number of ether oxygens (including phenoxy) is 1. The molecule has 5 rings (SSSR count). The number of allylic oxidation sites excluding steroid dienone is 1. The van der Waals surface area contributed by atoms with Gasteiger partial charge in [-0.05, 0) is 44.7 Å². The molecule has 2 aromatic carbocycles. The molecule has 2 aromatic rings. The summed E-state index contributed by atoms with van der Waals surface area (Å²) in [5.74, 6) is -1.75. The highest BCUT2D eigenvalue weighted by atomic mass is 32.2. The topological polar surface area (TPSA) is 110 Å². The third-order valence-electron chi connectivity index (χ3n) is 8.52. The van der Waals surface area contributed by atoms with Crippen molar-refractivity contribution in [3.8, 4) is 0 Å². The number of carbonyl (C=O) groups excluding carboxylic acids is 2. The van der Waals surface area contributed by atoms with Crippen LogP contribution in [0, 0.1) is 17.3 Å². The summed E-state index contributed by atoms with van der Waals surface area (Å²) in [5, 5.41) is 12.6. The summed E-state index contributed by atoms with van der Waals surface area (Å²) >= 11 is 0. The molecule has 2 fully saturated rings. The predicted molar refractivity (Wildman–Crippen MR) is 139 cm³/mol. The second kappa shape index (κ2) is 9.22. The maximum absolute atomic E-state index is 13.2. The number of Topliss-reactive ketones (excluding diaryl/α,β-unsaturated/α-hetero) is 1. The van der Waals surface area contributed by atoms with Crippen molar-refractivity contribution < 1.29 is 32.0 Å². The summed E-state index contributed by atoms with van der Waals surface area (Å²) in [6.07, 6.45) is 5.42. The van der Waals surface area contributed by atoms with Crippen LogP contribution in [0.15, 0.2) is 53.4 Å². The van der Waals surface area contributed by atoms with Gasteiger partial charge in [0, 0.05) is 42.9 Å². The number of benzene rings is 2. The molecule has 1 aliphatic heterocycles. The van der Waals surface area contributed by atoms with Crippen LogP contribution in [-0.4, -0.2) is 57.7 Å². The third kappa shape index (κ3) is 3.90. The van der Waals surface area contributed by atoms with Gasteiger partial charge in [0.15, 0.2) is 0 Å². The number of hydrogen-bond acceptors (Lipinski definition) is 8. The summed E-state index contributed by atoms with van der Waals surface area (Å²) in [7, 11) is -0.348. The van der Waals surface area contributed by atoms with Gasteiger partial charge in [-0.1, -0.05) is 36.4 Å². The predicted octanol–water partition coefficient (Wildman–Crippen LogP) is 3.61. The van der Waals surface area contributed by atoms with E-state index >= 15 is 0 Å². The van der Waals surface area contributed by atoms with E-state index in [1.165, 1.54) is 6.07 Å². The Balaban J connectivity index is 1.35. The first-order valence-corrected chi connectivity index (χ1v) is 14.1. The molecule has 198 valence electrons. The number of aliphatic hydroxyl groups is 1. The molecule has 0 amide bonds. The van der Waals surface area contributed by atoms with Crippen molar-refractivity contribution in [2.24, 2.45) is 17.3 Å². The van der Waals surface area contributed by atoms with Crippen LogP contribution in [0.25, 0.3) is 10.8 Å². The quantitative estimate of drug-likeness (QED) is 0.315. The Morgan fingerprint density at radius 3 is 2.57 bits per heavy atom. The molecule has 9 heteroatoms. The van der Waals surface area contributed by atoms with Crippen LogP contribution in [0.2, 0.25) is 0 Å². The lowest BCUT2D eigenvalue weighted by atomic mass is 9.60. The van der Waals surface area contributed by atoms with Crippen molar-refractivity contribution >= 4 is 38.3 Å². The van der Waals surface area contributed by atoms with Crippen LogP contribution in [0.4, 0.5) is 5.69 Å². The Morgan fingerprint density at radius 1 is 1.16 bits per heavy atom. The first kappa shape index (κ1) is 25.9. The summed E-state index contributed by atoms with van der Waals surface area (Å²) in [6.45, 7) is 1.44. The van der Waals surface area contributed by atoms with E-state index in [9.17, 15) is 23.1 Å². The summed E-state index contributed by atoms with van der Waals surface area (Å²) < 4.78 is 37.4. The standard InChI is InChI=1S/C28H33NO7S/c1-27-21(23(30)17-28(27,26(32)36-27)25(31)18-9-5-4-6-10-18)15-16-35-37(33,34)24-14-8-11-19-20(24)12-7-13-22(19)29(2)3/h5,7-9,11-14,18,21,25,31H,4,6,10,15-17H2,1-3H3/t18-,21+,25+,27+,28-/m1/s1. The highest BCUT2D eigenvalue weighted by molar-refractivity contribution is 7.87. The van der Waals surface area contributed by atoms with Gasteiger partial charge in [-0.25, -0.2) is 0 Å².